The van der Waals surface area contributed by atoms with Crippen molar-refractivity contribution < 1.29 is 0 Å². The van der Waals surface area contributed by atoms with Crippen LogP contribution in [0.2, 0.25) is 0 Å². The van der Waals surface area contributed by atoms with Gasteiger partial charge in [-0.3, -0.25) is 5.43 Å². The smallest absolute Gasteiger partial charge is 0.239 e. The Morgan fingerprint density at radius 3 is 3.00 bits per heavy atom. The first-order valence-electron chi connectivity index (χ1n) is 4.36. The first-order valence-corrected chi connectivity index (χ1v) is 4.36. The molecule has 0 amide bonds. The molecule has 1 aromatic rings. The molecule has 1 aliphatic rings. The largest absolute Gasteiger partial charge is 0.367 e. The summed E-state index contributed by atoms with van der Waals surface area (Å²) in [5.74, 6) is 7.22. The fraction of sp³-hybridized carbons (Fsp3) is 0.500. The molecule has 1 saturated carbocycles. The molecule has 1 aliphatic carbocycles. The van der Waals surface area contributed by atoms with Gasteiger partial charge >= 0.3 is 0 Å². The summed E-state index contributed by atoms with van der Waals surface area (Å²) in [6, 6.07) is 2.41. The lowest BCUT2D eigenvalue weighted by atomic mass is 10.4. The van der Waals surface area contributed by atoms with Crippen LogP contribution in [0.15, 0.2) is 12.3 Å². The van der Waals surface area contributed by atoms with E-state index in [2.05, 4.69) is 27.6 Å². The van der Waals surface area contributed by atoms with Gasteiger partial charge in [-0.25, -0.2) is 10.8 Å². The molecule has 5 nitrogen and oxygen atoms in total. The maximum absolute atomic E-state index is 5.19. The standard InChI is InChI=1S/C8H13N5/c1-5-4-6(5)11-7-2-3-10-8(12-7)13-9/h2-3,5-6H,4,9H2,1H3,(H2,10,11,12,13). The van der Waals surface area contributed by atoms with Crippen molar-refractivity contribution >= 4 is 11.8 Å². The summed E-state index contributed by atoms with van der Waals surface area (Å²) in [7, 11) is 0. The summed E-state index contributed by atoms with van der Waals surface area (Å²) in [5, 5.41) is 3.29. The molecule has 2 unspecified atom stereocenters. The van der Waals surface area contributed by atoms with Gasteiger partial charge in [0.2, 0.25) is 5.95 Å². The van der Waals surface area contributed by atoms with Gasteiger partial charge in [-0.05, 0) is 18.4 Å². The Labute approximate surface area is 76.7 Å². The van der Waals surface area contributed by atoms with Crippen LogP contribution in [0.1, 0.15) is 13.3 Å². The first-order chi connectivity index (χ1) is 6.29. The molecule has 0 radical (unpaired) electrons. The number of nitrogens with two attached hydrogens (primary N) is 1. The van der Waals surface area contributed by atoms with E-state index in [4.69, 9.17) is 5.84 Å². The minimum atomic E-state index is 0.443. The maximum Gasteiger partial charge on any atom is 0.239 e. The zero-order valence-electron chi connectivity index (χ0n) is 7.49. The fourth-order valence-corrected chi connectivity index (χ4v) is 1.22. The predicted molar refractivity (Wildman–Crippen MR) is 51.0 cm³/mol. The number of hydrogen-bond acceptors (Lipinski definition) is 5. The Balaban J connectivity index is 2.03. The van der Waals surface area contributed by atoms with Crippen molar-refractivity contribution in [3.05, 3.63) is 12.3 Å². The van der Waals surface area contributed by atoms with Gasteiger partial charge in [-0.15, -0.1) is 0 Å². The molecule has 0 saturated heterocycles. The van der Waals surface area contributed by atoms with Crippen LogP contribution < -0.4 is 16.6 Å². The van der Waals surface area contributed by atoms with Gasteiger partial charge < -0.3 is 5.32 Å². The molecule has 0 bridgehead atoms. The highest BCUT2D eigenvalue weighted by atomic mass is 15.3. The second kappa shape index (κ2) is 3.18. The van der Waals surface area contributed by atoms with Crippen molar-refractivity contribution in [2.45, 2.75) is 19.4 Å². The number of hydrazine groups is 1. The molecule has 1 heterocycles. The van der Waals surface area contributed by atoms with Crippen LogP contribution in [-0.4, -0.2) is 16.0 Å². The van der Waals surface area contributed by atoms with E-state index >= 15 is 0 Å². The Morgan fingerprint density at radius 2 is 2.38 bits per heavy atom. The summed E-state index contributed by atoms with van der Waals surface area (Å²) in [5.41, 5.74) is 2.41. The average Bonchev–Trinajstić information content (AvgIpc) is 2.82. The van der Waals surface area contributed by atoms with Gasteiger partial charge in [-0.1, -0.05) is 6.92 Å². The number of nitrogen functional groups attached to an aromatic ring is 1. The maximum atomic E-state index is 5.19. The Kier molecular flexibility index (Phi) is 2.02. The van der Waals surface area contributed by atoms with E-state index in [-0.39, 0.29) is 0 Å². The summed E-state index contributed by atoms with van der Waals surface area (Å²) in [6.07, 6.45) is 2.90. The highest BCUT2D eigenvalue weighted by Crippen LogP contribution is 2.31. The van der Waals surface area contributed by atoms with Crippen molar-refractivity contribution in [2.75, 3.05) is 10.7 Å². The molecule has 13 heavy (non-hydrogen) atoms. The van der Waals surface area contributed by atoms with Crippen molar-refractivity contribution in [3.8, 4) is 0 Å². The molecule has 70 valence electrons. The quantitative estimate of drug-likeness (QED) is 0.467. The molecule has 0 aliphatic heterocycles. The summed E-state index contributed by atoms with van der Waals surface area (Å²) >= 11 is 0. The number of aromatic nitrogens is 2. The Hall–Kier alpha value is -1.36. The van der Waals surface area contributed by atoms with Crippen LogP contribution in [0.5, 0.6) is 0 Å². The number of hydrogen-bond donors (Lipinski definition) is 3. The highest BCUT2D eigenvalue weighted by Gasteiger charge is 2.32. The van der Waals surface area contributed by atoms with Gasteiger partial charge in [0.25, 0.3) is 0 Å². The van der Waals surface area contributed by atoms with E-state index in [1.165, 1.54) is 6.42 Å². The Morgan fingerprint density at radius 1 is 1.62 bits per heavy atom. The van der Waals surface area contributed by atoms with Crippen LogP contribution >= 0.6 is 0 Å². The highest BCUT2D eigenvalue weighted by molar-refractivity contribution is 5.41. The van der Waals surface area contributed by atoms with Crippen molar-refractivity contribution in [3.63, 3.8) is 0 Å². The molecule has 1 fully saturated rings. The average molecular weight is 179 g/mol. The van der Waals surface area contributed by atoms with Gasteiger partial charge in [0.15, 0.2) is 0 Å². The molecule has 4 N–H and O–H groups in total. The monoisotopic (exact) mass is 179 g/mol. The minimum Gasteiger partial charge on any atom is -0.367 e. The van der Waals surface area contributed by atoms with Crippen molar-refractivity contribution in [2.24, 2.45) is 11.8 Å². The Bertz CT molecular complexity index is 300. The molecule has 5 heteroatoms. The van der Waals surface area contributed by atoms with E-state index in [1.54, 1.807) is 6.20 Å². The minimum absolute atomic E-state index is 0.443. The van der Waals surface area contributed by atoms with Crippen molar-refractivity contribution in [1.29, 1.82) is 0 Å². The zero-order chi connectivity index (χ0) is 9.26. The molecule has 0 aromatic carbocycles. The predicted octanol–water partition coefficient (Wildman–Crippen LogP) is 0.582. The lowest BCUT2D eigenvalue weighted by Gasteiger charge is -2.04. The first kappa shape index (κ1) is 8.25. The third kappa shape index (κ3) is 1.86. The number of anilines is 2. The van der Waals surface area contributed by atoms with Crippen LogP contribution in [0.3, 0.4) is 0 Å². The molecule has 1 aromatic heterocycles. The molecule has 2 rings (SSSR count). The molecular weight excluding hydrogens is 166 g/mol. The van der Waals surface area contributed by atoms with E-state index in [0.717, 1.165) is 11.7 Å². The summed E-state index contributed by atoms with van der Waals surface area (Å²) in [6.45, 7) is 2.21. The van der Waals surface area contributed by atoms with Crippen LogP contribution in [-0.2, 0) is 0 Å². The molecular formula is C8H13N5. The van der Waals surface area contributed by atoms with Crippen LogP contribution in [0.4, 0.5) is 11.8 Å². The third-order valence-corrected chi connectivity index (χ3v) is 2.23. The third-order valence-electron chi connectivity index (χ3n) is 2.23. The fourth-order valence-electron chi connectivity index (χ4n) is 1.22. The van der Waals surface area contributed by atoms with E-state index in [0.29, 0.717) is 12.0 Å². The second-order valence-corrected chi connectivity index (χ2v) is 3.37. The summed E-state index contributed by atoms with van der Waals surface area (Å²) < 4.78 is 0. The van der Waals surface area contributed by atoms with E-state index in [9.17, 15) is 0 Å². The van der Waals surface area contributed by atoms with Crippen LogP contribution in [0, 0.1) is 5.92 Å². The number of nitrogens with one attached hydrogen (secondary N) is 2. The number of nitrogens with zero attached hydrogens (tertiary/aromatic N) is 2. The van der Waals surface area contributed by atoms with Gasteiger partial charge in [0, 0.05) is 12.2 Å². The topological polar surface area (TPSA) is 75.9 Å². The van der Waals surface area contributed by atoms with Gasteiger partial charge in [0.1, 0.15) is 5.82 Å². The summed E-state index contributed by atoms with van der Waals surface area (Å²) in [4.78, 5) is 8.06. The van der Waals surface area contributed by atoms with Crippen molar-refractivity contribution in [1.82, 2.24) is 9.97 Å². The number of rotatable bonds is 3. The zero-order valence-corrected chi connectivity index (χ0v) is 7.49. The van der Waals surface area contributed by atoms with Gasteiger partial charge in [0.05, 0.1) is 0 Å². The lowest BCUT2D eigenvalue weighted by Crippen LogP contribution is -2.12. The van der Waals surface area contributed by atoms with E-state index in [1.807, 2.05) is 6.07 Å². The van der Waals surface area contributed by atoms with E-state index < -0.39 is 0 Å². The SMILES string of the molecule is CC1CC1Nc1ccnc(NN)n1. The van der Waals surface area contributed by atoms with Crippen LogP contribution in [0.25, 0.3) is 0 Å². The molecule has 2 atom stereocenters. The van der Waals surface area contributed by atoms with Gasteiger partial charge in [-0.2, -0.15) is 4.98 Å². The lowest BCUT2D eigenvalue weighted by molar-refractivity contribution is 0.921. The molecule has 0 spiro atoms. The second-order valence-electron chi connectivity index (χ2n) is 3.37. The normalized spacial score (nSPS) is 25.4.